The predicted octanol–water partition coefficient (Wildman–Crippen LogP) is -1.44. The number of para-hydroxylation sites is 2. The summed E-state index contributed by atoms with van der Waals surface area (Å²) in [5.41, 5.74) is -0.227. The molecule has 1 aliphatic heterocycles. The summed E-state index contributed by atoms with van der Waals surface area (Å²) in [5, 5.41) is 57.7. The molecule has 0 aliphatic carbocycles. The second kappa shape index (κ2) is 6.54. The van der Waals surface area contributed by atoms with Crippen molar-refractivity contribution >= 4 is 5.69 Å². The van der Waals surface area contributed by atoms with Crippen LogP contribution < -0.4 is 9.96 Å². The van der Waals surface area contributed by atoms with Gasteiger partial charge in [-0.2, -0.15) is 0 Å². The van der Waals surface area contributed by atoms with Crippen LogP contribution in [0.25, 0.3) is 0 Å². The number of nitrogens with zero attached hydrogens (tertiary/aromatic N) is 1. The lowest BCUT2D eigenvalue weighted by atomic mass is 9.99. The van der Waals surface area contributed by atoms with Crippen molar-refractivity contribution in [1.29, 1.82) is 0 Å². The second-order valence-corrected chi connectivity index (χ2v) is 4.56. The first-order chi connectivity index (χ1) is 9.95. The van der Waals surface area contributed by atoms with E-state index in [-0.39, 0.29) is 11.4 Å². The molecule has 118 valence electrons. The van der Waals surface area contributed by atoms with Gasteiger partial charge in [-0.3, -0.25) is 5.21 Å². The van der Waals surface area contributed by atoms with Crippen molar-refractivity contribution in [2.45, 2.75) is 30.7 Å². The van der Waals surface area contributed by atoms with Crippen LogP contribution in [0.3, 0.4) is 0 Å². The molecule has 0 spiro atoms. The summed E-state index contributed by atoms with van der Waals surface area (Å²) in [4.78, 5) is 0. The fraction of sp³-hybridized carbons (Fsp3) is 0.500. The third kappa shape index (κ3) is 3.24. The van der Waals surface area contributed by atoms with Crippen molar-refractivity contribution < 1.29 is 35.1 Å². The van der Waals surface area contributed by atoms with Crippen molar-refractivity contribution in [2.24, 2.45) is 0 Å². The van der Waals surface area contributed by atoms with Gasteiger partial charge in [0.2, 0.25) is 6.29 Å². The van der Waals surface area contributed by atoms with Crippen molar-refractivity contribution in [2.75, 3.05) is 11.8 Å². The number of benzene rings is 1. The summed E-state index contributed by atoms with van der Waals surface area (Å²) >= 11 is 0. The number of ether oxygens (including phenoxy) is 2. The Morgan fingerprint density at radius 1 is 1.14 bits per heavy atom. The highest BCUT2D eigenvalue weighted by molar-refractivity contribution is 5.56. The molecule has 1 fully saturated rings. The van der Waals surface area contributed by atoms with E-state index in [1.807, 2.05) is 0 Å². The highest BCUT2D eigenvalue weighted by atomic mass is 16.8. The lowest BCUT2D eigenvalue weighted by Gasteiger charge is -2.40. The molecule has 9 heteroatoms. The molecule has 0 saturated carbocycles. The quantitative estimate of drug-likeness (QED) is 0.422. The van der Waals surface area contributed by atoms with Crippen LogP contribution in [0.1, 0.15) is 0 Å². The summed E-state index contributed by atoms with van der Waals surface area (Å²) in [6.45, 7) is -0.597. The normalized spacial score (nSPS) is 32.8. The molecule has 0 aromatic heterocycles. The third-order valence-corrected chi connectivity index (χ3v) is 3.16. The van der Waals surface area contributed by atoms with E-state index in [1.54, 1.807) is 0 Å². The number of hydrogen-bond donors (Lipinski definition) is 5. The Hall–Kier alpha value is -1.46. The zero-order chi connectivity index (χ0) is 15.6. The van der Waals surface area contributed by atoms with Crippen LogP contribution in [0.5, 0.6) is 5.75 Å². The number of aliphatic hydroxyl groups is 4. The maximum atomic E-state index is 11.0. The third-order valence-electron chi connectivity index (χ3n) is 3.16. The van der Waals surface area contributed by atoms with E-state index < -0.39 is 42.5 Å². The lowest BCUT2D eigenvalue weighted by Crippen LogP contribution is -2.60. The molecule has 2 rings (SSSR count). The van der Waals surface area contributed by atoms with Crippen LogP contribution in [-0.2, 0) is 4.74 Å². The van der Waals surface area contributed by atoms with Gasteiger partial charge >= 0.3 is 0 Å². The topological polar surface area (TPSA) is 146 Å². The van der Waals surface area contributed by atoms with E-state index in [0.717, 1.165) is 0 Å². The van der Waals surface area contributed by atoms with E-state index in [0.29, 0.717) is 0 Å². The van der Waals surface area contributed by atoms with Crippen LogP contribution in [0.2, 0.25) is 0 Å². The molecule has 0 amide bonds. The van der Waals surface area contributed by atoms with E-state index in [4.69, 9.17) is 19.8 Å². The SMILES string of the molecule is [O-]N(O)c1ccccc1O[C@@H]1O[C@H](CO)[C@@H](O)[C@H](O)[C@H]1O. The lowest BCUT2D eigenvalue weighted by molar-refractivity contribution is -0.277. The second-order valence-electron chi connectivity index (χ2n) is 4.56. The van der Waals surface area contributed by atoms with Crippen molar-refractivity contribution in [3.8, 4) is 5.75 Å². The highest BCUT2D eigenvalue weighted by Crippen LogP contribution is 2.30. The Morgan fingerprint density at radius 3 is 2.43 bits per heavy atom. The average molecular weight is 302 g/mol. The van der Waals surface area contributed by atoms with Gasteiger partial charge in [-0.25, -0.2) is 0 Å². The highest BCUT2D eigenvalue weighted by Gasteiger charge is 2.44. The molecule has 1 heterocycles. The Morgan fingerprint density at radius 2 is 1.81 bits per heavy atom. The van der Waals surface area contributed by atoms with Gasteiger partial charge in [-0.05, 0) is 12.1 Å². The van der Waals surface area contributed by atoms with Gasteiger partial charge in [0.1, 0.15) is 30.2 Å². The first-order valence-electron chi connectivity index (χ1n) is 6.18. The zero-order valence-corrected chi connectivity index (χ0v) is 10.8. The Labute approximate surface area is 119 Å². The smallest absolute Gasteiger partial charge is 0.229 e. The maximum Gasteiger partial charge on any atom is 0.229 e. The van der Waals surface area contributed by atoms with Crippen molar-refractivity contribution in [3.05, 3.63) is 29.5 Å². The first-order valence-corrected chi connectivity index (χ1v) is 6.18. The molecule has 1 aromatic rings. The van der Waals surface area contributed by atoms with Crippen LogP contribution >= 0.6 is 0 Å². The molecule has 0 unspecified atom stereocenters. The fourth-order valence-electron chi connectivity index (χ4n) is 2.00. The summed E-state index contributed by atoms with van der Waals surface area (Å²) in [7, 11) is 0. The molecule has 5 N–H and O–H groups in total. The molecule has 1 saturated heterocycles. The molecule has 9 nitrogen and oxygen atoms in total. The summed E-state index contributed by atoms with van der Waals surface area (Å²) in [5.74, 6) is -0.0978. The van der Waals surface area contributed by atoms with Crippen molar-refractivity contribution in [3.63, 3.8) is 0 Å². The summed E-state index contributed by atoms with van der Waals surface area (Å²) in [6.07, 6.45) is -7.26. The van der Waals surface area contributed by atoms with Crippen LogP contribution in [0, 0.1) is 5.21 Å². The van der Waals surface area contributed by atoms with Gasteiger partial charge in [0.25, 0.3) is 0 Å². The molecular formula is C12H16NO8-. The van der Waals surface area contributed by atoms with Crippen LogP contribution in [0.15, 0.2) is 24.3 Å². The van der Waals surface area contributed by atoms with Gasteiger partial charge in [-0.1, -0.05) is 12.1 Å². The van der Waals surface area contributed by atoms with E-state index in [2.05, 4.69) is 0 Å². The minimum atomic E-state index is -1.60. The van der Waals surface area contributed by atoms with Crippen LogP contribution in [-0.4, -0.2) is 62.9 Å². The van der Waals surface area contributed by atoms with Gasteiger partial charge in [0, 0.05) is 0 Å². The summed E-state index contributed by atoms with van der Waals surface area (Å²) < 4.78 is 10.4. The van der Waals surface area contributed by atoms with Gasteiger partial charge in [0.05, 0.1) is 12.3 Å². The predicted molar refractivity (Wildman–Crippen MR) is 68.5 cm³/mol. The molecule has 1 aliphatic rings. The van der Waals surface area contributed by atoms with E-state index in [9.17, 15) is 20.5 Å². The standard InChI is InChI=1S/C12H16NO8/c14-5-8-9(15)10(16)11(17)12(21-8)20-7-4-2-1-3-6(7)13(18)19/h1-4,8-12,14-18H,5H2/q-1/t8-,9-,10+,11-,12-/m1/s1. The number of anilines is 1. The number of rotatable bonds is 4. The number of hydrogen-bond acceptors (Lipinski definition) is 9. The van der Waals surface area contributed by atoms with Crippen LogP contribution in [0.4, 0.5) is 5.69 Å². The summed E-state index contributed by atoms with van der Waals surface area (Å²) in [6, 6.07) is 5.62. The molecule has 0 bridgehead atoms. The molecular weight excluding hydrogens is 286 g/mol. The van der Waals surface area contributed by atoms with Gasteiger partial charge in [-0.15, -0.1) is 0 Å². The molecule has 5 atom stereocenters. The van der Waals surface area contributed by atoms with Gasteiger partial charge < -0.3 is 40.3 Å². The minimum absolute atomic E-state index is 0.0978. The number of aliphatic hydroxyl groups excluding tert-OH is 4. The largest absolute Gasteiger partial charge is 0.733 e. The maximum absolute atomic E-state index is 11.0. The Bertz CT molecular complexity index is 468. The molecule has 21 heavy (non-hydrogen) atoms. The van der Waals surface area contributed by atoms with Crippen molar-refractivity contribution in [1.82, 2.24) is 0 Å². The zero-order valence-electron chi connectivity index (χ0n) is 10.8. The van der Waals surface area contributed by atoms with E-state index >= 15 is 0 Å². The molecule has 1 aromatic carbocycles. The average Bonchev–Trinajstić information content (AvgIpc) is 2.48. The molecule has 0 radical (unpaired) electrons. The van der Waals surface area contributed by atoms with E-state index in [1.165, 1.54) is 24.3 Å². The fourth-order valence-corrected chi connectivity index (χ4v) is 2.00. The minimum Gasteiger partial charge on any atom is -0.733 e. The monoisotopic (exact) mass is 302 g/mol. The van der Waals surface area contributed by atoms with Gasteiger partial charge in [0.15, 0.2) is 0 Å². The first kappa shape index (κ1) is 15.9. The Kier molecular flexibility index (Phi) is 4.96. The Balaban J connectivity index is 2.19.